The number of nitrogens with one attached hydrogen (secondary N) is 2. The van der Waals surface area contributed by atoms with Crippen molar-refractivity contribution in [2.45, 2.75) is 38.3 Å². The minimum Gasteiger partial charge on any atom is -0.310 e. The molecular formula is C15H27N3O2S. The summed E-state index contributed by atoms with van der Waals surface area (Å²) in [5.41, 5.74) is 2.11. The van der Waals surface area contributed by atoms with Gasteiger partial charge < -0.3 is 10.2 Å². The van der Waals surface area contributed by atoms with Gasteiger partial charge in [-0.1, -0.05) is 19.9 Å². The van der Waals surface area contributed by atoms with Crippen LogP contribution >= 0.6 is 0 Å². The van der Waals surface area contributed by atoms with Crippen molar-refractivity contribution in [2.24, 2.45) is 0 Å². The molecule has 0 aromatic heterocycles. The lowest BCUT2D eigenvalue weighted by atomic mass is 10.1. The van der Waals surface area contributed by atoms with Gasteiger partial charge in [0, 0.05) is 25.7 Å². The minimum atomic E-state index is -3.44. The molecule has 0 heterocycles. The van der Waals surface area contributed by atoms with E-state index in [-0.39, 0.29) is 0 Å². The van der Waals surface area contributed by atoms with Crippen molar-refractivity contribution in [1.29, 1.82) is 0 Å². The number of rotatable bonds is 8. The monoisotopic (exact) mass is 313 g/mol. The molecule has 1 aromatic rings. The van der Waals surface area contributed by atoms with Crippen LogP contribution in [0.15, 0.2) is 23.1 Å². The van der Waals surface area contributed by atoms with Crippen LogP contribution in [-0.4, -0.2) is 46.5 Å². The fourth-order valence-electron chi connectivity index (χ4n) is 1.81. The van der Waals surface area contributed by atoms with Crippen molar-refractivity contribution in [3.63, 3.8) is 0 Å². The molecule has 0 bridgehead atoms. The first-order valence-electron chi connectivity index (χ1n) is 7.19. The lowest BCUT2D eigenvalue weighted by Crippen LogP contribution is -2.31. The maximum Gasteiger partial charge on any atom is 0.240 e. The first kappa shape index (κ1) is 18.1. The van der Waals surface area contributed by atoms with Crippen molar-refractivity contribution in [3.05, 3.63) is 29.3 Å². The van der Waals surface area contributed by atoms with Crippen LogP contribution in [0.3, 0.4) is 0 Å². The Morgan fingerprint density at radius 1 is 1.24 bits per heavy atom. The first-order valence-corrected chi connectivity index (χ1v) is 8.68. The summed E-state index contributed by atoms with van der Waals surface area (Å²) >= 11 is 0. The Bertz CT molecular complexity index is 554. The third kappa shape index (κ3) is 6.13. The van der Waals surface area contributed by atoms with E-state index in [1.165, 1.54) is 0 Å². The predicted molar refractivity (Wildman–Crippen MR) is 86.9 cm³/mol. The molecule has 0 radical (unpaired) electrons. The second-order valence-corrected chi connectivity index (χ2v) is 7.59. The van der Waals surface area contributed by atoms with Gasteiger partial charge in [-0.15, -0.1) is 0 Å². The molecule has 1 aromatic carbocycles. The molecule has 0 saturated carbocycles. The Morgan fingerprint density at radius 3 is 2.48 bits per heavy atom. The highest BCUT2D eigenvalue weighted by atomic mass is 32.2. The van der Waals surface area contributed by atoms with Crippen LogP contribution in [-0.2, 0) is 16.6 Å². The highest BCUT2D eigenvalue weighted by molar-refractivity contribution is 7.89. The second-order valence-electron chi connectivity index (χ2n) is 5.82. The molecule has 0 aliphatic rings. The molecule has 0 atom stereocenters. The van der Waals surface area contributed by atoms with E-state index in [1.54, 1.807) is 12.1 Å². The van der Waals surface area contributed by atoms with Crippen LogP contribution in [0, 0.1) is 6.92 Å². The molecule has 0 aliphatic heterocycles. The van der Waals surface area contributed by atoms with Gasteiger partial charge in [0.2, 0.25) is 10.0 Å². The lowest BCUT2D eigenvalue weighted by Gasteiger charge is -2.14. The Labute approximate surface area is 128 Å². The highest BCUT2D eigenvalue weighted by Crippen LogP contribution is 2.15. The zero-order valence-electron chi connectivity index (χ0n) is 13.6. The number of hydrogen-bond donors (Lipinski definition) is 2. The van der Waals surface area contributed by atoms with Gasteiger partial charge in [0.25, 0.3) is 0 Å². The molecule has 0 amide bonds. The summed E-state index contributed by atoms with van der Waals surface area (Å²) in [6.45, 7) is 7.88. The van der Waals surface area contributed by atoms with Crippen LogP contribution in [0.4, 0.5) is 0 Å². The molecule has 21 heavy (non-hydrogen) atoms. The van der Waals surface area contributed by atoms with Gasteiger partial charge in [-0.2, -0.15) is 0 Å². The van der Waals surface area contributed by atoms with Gasteiger partial charge in [0.1, 0.15) is 0 Å². The van der Waals surface area contributed by atoms with Crippen LogP contribution in [0.2, 0.25) is 0 Å². The minimum absolute atomic E-state index is 0.326. The third-order valence-electron chi connectivity index (χ3n) is 3.18. The van der Waals surface area contributed by atoms with Crippen molar-refractivity contribution < 1.29 is 8.42 Å². The molecule has 1 rings (SSSR count). The molecule has 0 fully saturated rings. The molecule has 0 saturated heterocycles. The van der Waals surface area contributed by atoms with Crippen LogP contribution in [0.25, 0.3) is 0 Å². The smallest absolute Gasteiger partial charge is 0.240 e. The van der Waals surface area contributed by atoms with Gasteiger partial charge in [-0.3, -0.25) is 0 Å². The average Bonchev–Trinajstić information content (AvgIpc) is 2.36. The van der Waals surface area contributed by atoms with Crippen molar-refractivity contribution in [1.82, 2.24) is 14.9 Å². The molecule has 5 nitrogen and oxygen atoms in total. The summed E-state index contributed by atoms with van der Waals surface area (Å²) < 4.78 is 27.2. The fourth-order valence-corrected chi connectivity index (χ4v) is 2.88. The average molecular weight is 313 g/mol. The van der Waals surface area contributed by atoms with Gasteiger partial charge in [-0.25, -0.2) is 13.1 Å². The van der Waals surface area contributed by atoms with Crippen molar-refractivity contribution >= 4 is 10.0 Å². The zero-order chi connectivity index (χ0) is 16.0. The Kier molecular flexibility index (Phi) is 6.80. The summed E-state index contributed by atoms with van der Waals surface area (Å²) in [5, 5.41) is 3.32. The first-order chi connectivity index (χ1) is 9.72. The summed E-state index contributed by atoms with van der Waals surface area (Å²) in [5.74, 6) is 0. The summed E-state index contributed by atoms with van der Waals surface area (Å²) in [6, 6.07) is 5.63. The van der Waals surface area contributed by atoms with Gasteiger partial charge in [0.15, 0.2) is 0 Å². The van der Waals surface area contributed by atoms with Gasteiger partial charge in [0.05, 0.1) is 4.90 Å². The molecule has 120 valence electrons. The van der Waals surface area contributed by atoms with E-state index in [0.717, 1.165) is 11.1 Å². The van der Waals surface area contributed by atoms with Crippen molar-refractivity contribution in [3.8, 4) is 0 Å². The molecule has 0 unspecified atom stereocenters. The Hall–Kier alpha value is -0.950. The number of hydrogen-bond acceptors (Lipinski definition) is 4. The molecule has 6 heteroatoms. The zero-order valence-corrected chi connectivity index (χ0v) is 14.4. The lowest BCUT2D eigenvalue weighted by molar-refractivity contribution is 0.412. The largest absolute Gasteiger partial charge is 0.310 e. The van der Waals surface area contributed by atoms with E-state index in [4.69, 9.17) is 0 Å². The number of sulfonamides is 1. The highest BCUT2D eigenvalue weighted by Gasteiger charge is 2.15. The van der Waals surface area contributed by atoms with Crippen molar-refractivity contribution in [2.75, 3.05) is 27.2 Å². The van der Waals surface area contributed by atoms with E-state index in [9.17, 15) is 8.42 Å². The maximum atomic E-state index is 12.3. The number of benzene rings is 1. The standard InChI is InChI=1S/C15H27N3O2S/c1-12(2)16-11-14-10-15(7-6-13(14)3)21(19,20)17-8-9-18(4)5/h6-7,10,12,16-17H,8-9,11H2,1-5H3. The fraction of sp³-hybridized carbons (Fsp3) is 0.600. The Balaban J connectivity index is 2.84. The normalized spacial score (nSPS) is 12.3. The Morgan fingerprint density at radius 2 is 1.90 bits per heavy atom. The molecule has 0 spiro atoms. The van der Waals surface area contributed by atoms with Crippen LogP contribution in [0.5, 0.6) is 0 Å². The number of likely N-dealkylation sites (N-methyl/N-ethyl adjacent to an activating group) is 1. The molecular weight excluding hydrogens is 286 g/mol. The van der Waals surface area contributed by atoms with Crippen LogP contribution < -0.4 is 10.0 Å². The van der Waals surface area contributed by atoms with E-state index < -0.39 is 10.0 Å². The SMILES string of the molecule is Cc1ccc(S(=O)(=O)NCCN(C)C)cc1CNC(C)C. The maximum absolute atomic E-state index is 12.3. The molecule has 2 N–H and O–H groups in total. The molecule has 0 aliphatic carbocycles. The predicted octanol–water partition coefficient (Wildman–Crippen LogP) is 1.33. The van der Waals surface area contributed by atoms with Gasteiger partial charge >= 0.3 is 0 Å². The third-order valence-corrected chi connectivity index (χ3v) is 4.64. The summed E-state index contributed by atoms with van der Waals surface area (Å²) in [4.78, 5) is 2.27. The summed E-state index contributed by atoms with van der Waals surface area (Å²) in [7, 11) is 0.387. The van der Waals surface area contributed by atoms with Crippen LogP contribution in [0.1, 0.15) is 25.0 Å². The van der Waals surface area contributed by atoms with E-state index >= 15 is 0 Å². The summed E-state index contributed by atoms with van der Waals surface area (Å²) in [6.07, 6.45) is 0. The quantitative estimate of drug-likeness (QED) is 0.760. The van der Waals surface area contributed by atoms with E-state index in [2.05, 4.69) is 23.9 Å². The van der Waals surface area contributed by atoms with E-state index in [1.807, 2.05) is 32.0 Å². The topological polar surface area (TPSA) is 61.4 Å². The van der Waals surface area contributed by atoms with Gasteiger partial charge in [-0.05, 0) is 44.3 Å². The number of nitrogens with zero attached hydrogens (tertiary/aromatic N) is 1. The second kappa shape index (κ2) is 7.89. The number of aryl methyl sites for hydroxylation is 1. The van der Waals surface area contributed by atoms with E-state index in [0.29, 0.717) is 30.6 Å².